The van der Waals surface area contributed by atoms with Gasteiger partial charge in [-0.25, -0.2) is 4.39 Å². The number of nitrogens with zero attached hydrogens (tertiary/aromatic N) is 2. The second kappa shape index (κ2) is 13.6. The summed E-state index contributed by atoms with van der Waals surface area (Å²) in [6, 6.07) is 16.7. The molecule has 31 heavy (non-hydrogen) atoms. The first-order valence-electron chi connectivity index (χ1n) is 10.4. The first kappa shape index (κ1) is 25.5. The second-order valence-corrected chi connectivity index (χ2v) is 7.34. The van der Waals surface area contributed by atoms with Crippen molar-refractivity contribution in [1.29, 1.82) is 0 Å². The molecule has 0 spiro atoms. The highest BCUT2D eigenvalue weighted by molar-refractivity contribution is 14.0. The lowest BCUT2D eigenvalue weighted by atomic mass is 10.0. The summed E-state index contributed by atoms with van der Waals surface area (Å²) in [5.41, 5.74) is 2.01. The van der Waals surface area contributed by atoms with Crippen molar-refractivity contribution in [2.45, 2.75) is 12.0 Å². The lowest BCUT2D eigenvalue weighted by Gasteiger charge is -2.35. The summed E-state index contributed by atoms with van der Waals surface area (Å²) >= 11 is 0. The Morgan fingerprint density at radius 2 is 1.74 bits per heavy atom. The molecule has 6 nitrogen and oxygen atoms in total. The average molecular weight is 542 g/mol. The second-order valence-electron chi connectivity index (χ2n) is 7.34. The van der Waals surface area contributed by atoms with Crippen molar-refractivity contribution in [3.63, 3.8) is 0 Å². The highest BCUT2D eigenvalue weighted by Crippen LogP contribution is 2.22. The third kappa shape index (κ3) is 7.71. The van der Waals surface area contributed by atoms with Crippen LogP contribution in [0.15, 0.2) is 59.6 Å². The van der Waals surface area contributed by atoms with Gasteiger partial charge in [0.05, 0.1) is 25.9 Å². The zero-order chi connectivity index (χ0) is 21.2. The van der Waals surface area contributed by atoms with E-state index in [0.717, 1.165) is 24.2 Å². The van der Waals surface area contributed by atoms with E-state index in [1.807, 2.05) is 36.4 Å². The number of hydrogen-bond acceptors (Lipinski definition) is 4. The third-order valence-electron chi connectivity index (χ3n) is 5.41. The Bertz CT molecular complexity index is 803. The molecular weight excluding hydrogens is 510 g/mol. The van der Waals surface area contributed by atoms with E-state index < -0.39 is 0 Å². The number of guanidine groups is 1. The van der Waals surface area contributed by atoms with Gasteiger partial charge in [-0.05, 0) is 23.3 Å². The molecule has 0 amide bonds. The number of aliphatic imine (C=N–C) groups is 1. The Morgan fingerprint density at radius 3 is 2.39 bits per heavy atom. The number of aliphatic hydroxyl groups is 1. The number of rotatable bonds is 8. The summed E-state index contributed by atoms with van der Waals surface area (Å²) in [6.45, 7) is 4.14. The summed E-state index contributed by atoms with van der Waals surface area (Å²) in [5.74, 6) is 0.393. The highest BCUT2D eigenvalue weighted by Gasteiger charge is 2.23. The first-order chi connectivity index (χ1) is 14.7. The Morgan fingerprint density at radius 1 is 1.06 bits per heavy atom. The summed E-state index contributed by atoms with van der Waals surface area (Å²) in [4.78, 5) is 6.62. The lowest BCUT2D eigenvalue weighted by Crippen LogP contribution is -2.47. The van der Waals surface area contributed by atoms with Crippen molar-refractivity contribution in [2.75, 3.05) is 53.0 Å². The number of nitrogens with one attached hydrogen (secondary N) is 2. The van der Waals surface area contributed by atoms with Crippen LogP contribution >= 0.6 is 24.0 Å². The Balaban J connectivity index is 0.00000341. The maximum absolute atomic E-state index is 13.8. The average Bonchev–Trinajstić information content (AvgIpc) is 2.79. The van der Waals surface area contributed by atoms with Crippen LogP contribution in [0, 0.1) is 5.82 Å². The number of halogens is 2. The molecule has 0 aromatic heterocycles. The van der Waals surface area contributed by atoms with Gasteiger partial charge < -0.3 is 20.5 Å². The maximum atomic E-state index is 13.8. The molecule has 1 fully saturated rings. The Labute approximate surface area is 200 Å². The molecule has 0 radical (unpaired) electrons. The maximum Gasteiger partial charge on any atom is 0.191 e. The summed E-state index contributed by atoms with van der Waals surface area (Å²) in [5, 5.41) is 16.4. The van der Waals surface area contributed by atoms with Gasteiger partial charge in [0.15, 0.2) is 5.96 Å². The normalized spacial score (nSPS) is 16.8. The monoisotopic (exact) mass is 542 g/mol. The van der Waals surface area contributed by atoms with Crippen LogP contribution in [0.1, 0.15) is 23.1 Å². The van der Waals surface area contributed by atoms with E-state index in [1.54, 1.807) is 19.2 Å². The van der Waals surface area contributed by atoms with Crippen LogP contribution in [0.3, 0.4) is 0 Å². The predicted octanol–water partition coefficient (Wildman–Crippen LogP) is 2.76. The molecule has 1 heterocycles. The van der Waals surface area contributed by atoms with E-state index in [0.29, 0.717) is 32.3 Å². The van der Waals surface area contributed by atoms with Gasteiger partial charge in [-0.3, -0.25) is 9.89 Å². The Hall–Kier alpha value is -1.75. The van der Waals surface area contributed by atoms with Crippen LogP contribution in [0.5, 0.6) is 0 Å². The molecule has 2 unspecified atom stereocenters. The fourth-order valence-corrected chi connectivity index (χ4v) is 3.71. The van der Waals surface area contributed by atoms with Gasteiger partial charge in [0.25, 0.3) is 0 Å². The van der Waals surface area contributed by atoms with Crippen molar-refractivity contribution in [1.82, 2.24) is 15.5 Å². The van der Waals surface area contributed by atoms with Crippen molar-refractivity contribution >= 4 is 29.9 Å². The van der Waals surface area contributed by atoms with E-state index in [4.69, 9.17) is 4.74 Å². The Kier molecular flexibility index (Phi) is 11.2. The van der Waals surface area contributed by atoms with E-state index >= 15 is 0 Å². The van der Waals surface area contributed by atoms with Crippen LogP contribution in [0.25, 0.3) is 0 Å². The summed E-state index contributed by atoms with van der Waals surface area (Å²) < 4.78 is 19.3. The predicted molar refractivity (Wildman–Crippen MR) is 133 cm³/mol. The van der Waals surface area contributed by atoms with Crippen LogP contribution in [-0.4, -0.2) is 69.0 Å². The quantitative estimate of drug-likeness (QED) is 0.272. The molecule has 8 heteroatoms. The summed E-state index contributed by atoms with van der Waals surface area (Å²) in [7, 11) is 1.72. The molecule has 170 valence electrons. The highest BCUT2D eigenvalue weighted by atomic mass is 127. The largest absolute Gasteiger partial charge is 0.396 e. The SMILES string of the molecule is CN=C(NCC(CO)c1ccccc1)NCC(c1cccc(F)c1)N1CCOCC1.I. The molecule has 1 aliphatic heterocycles. The first-order valence-corrected chi connectivity index (χ1v) is 10.4. The number of hydrogen-bond donors (Lipinski definition) is 3. The molecule has 2 aromatic rings. The molecule has 3 rings (SSSR count). The summed E-state index contributed by atoms with van der Waals surface area (Å²) in [6.07, 6.45) is 0. The van der Waals surface area contributed by atoms with Crippen LogP contribution in [-0.2, 0) is 4.74 Å². The molecule has 0 aliphatic carbocycles. The number of benzene rings is 2. The topological polar surface area (TPSA) is 69.1 Å². The van der Waals surface area contributed by atoms with Crippen molar-refractivity contribution < 1.29 is 14.2 Å². The molecular formula is C23H32FIN4O2. The van der Waals surface area contributed by atoms with Crippen molar-refractivity contribution in [3.8, 4) is 0 Å². The van der Waals surface area contributed by atoms with Gasteiger partial charge in [-0.15, -0.1) is 24.0 Å². The minimum absolute atomic E-state index is 0. The van der Waals surface area contributed by atoms with E-state index in [2.05, 4.69) is 20.5 Å². The van der Waals surface area contributed by atoms with E-state index in [-0.39, 0.29) is 48.4 Å². The zero-order valence-corrected chi connectivity index (χ0v) is 20.2. The zero-order valence-electron chi connectivity index (χ0n) is 17.8. The van der Waals surface area contributed by atoms with Gasteiger partial charge in [0.2, 0.25) is 0 Å². The van der Waals surface area contributed by atoms with Crippen LogP contribution in [0.4, 0.5) is 4.39 Å². The fourth-order valence-electron chi connectivity index (χ4n) is 3.71. The number of ether oxygens (including phenoxy) is 1. The lowest BCUT2D eigenvalue weighted by molar-refractivity contribution is 0.0169. The molecule has 0 bridgehead atoms. The van der Waals surface area contributed by atoms with Crippen LogP contribution in [0.2, 0.25) is 0 Å². The van der Waals surface area contributed by atoms with Gasteiger partial charge in [-0.2, -0.15) is 0 Å². The van der Waals surface area contributed by atoms with Gasteiger partial charge >= 0.3 is 0 Å². The van der Waals surface area contributed by atoms with Gasteiger partial charge in [0, 0.05) is 39.1 Å². The fraction of sp³-hybridized carbons (Fsp3) is 0.435. The number of morpholine rings is 1. The van der Waals surface area contributed by atoms with E-state index in [9.17, 15) is 9.50 Å². The third-order valence-corrected chi connectivity index (χ3v) is 5.41. The number of aliphatic hydroxyl groups excluding tert-OH is 1. The van der Waals surface area contributed by atoms with Crippen molar-refractivity contribution in [2.24, 2.45) is 4.99 Å². The smallest absolute Gasteiger partial charge is 0.191 e. The van der Waals surface area contributed by atoms with Crippen molar-refractivity contribution in [3.05, 3.63) is 71.5 Å². The minimum atomic E-state index is -0.234. The standard InChI is InChI=1S/C23H31FN4O2.HI/c1-25-23(26-15-20(17-29)18-6-3-2-4-7-18)27-16-22(28-10-12-30-13-11-28)19-8-5-9-21(24)14-19;/h2-9,14,20,22,29H,10-13,15-17H2,1H3,(H2,25,26,27);1H. The molecule has 1 saturated heterocycles. The molecule has 3 N–H and O–H groups in total. The van der Waals surface area contributed by atoms with E-state index in [1.165, 1.54) is 6.07 Å². The molecule has 0 saturated carbocycles. The molecule has 2 aromatic carbocycles. The van der Waals surface area contributed by atoms with Crippen LogP contribution < -0.4 is 10.6 Å². The molecule has 2 atom stereocenters. The van der Waals surface area contributed by atoms with Gasteiger partial charge in [-0.1, -0.05) is 42.5 Å². The molecule has 1 aliphatic rings. The minimum Gasteiger partial charge on any atom is -0.396 e. The van der Waals surface area contributed by atoms with Gasteiger partial charge in [0.1, 0.15) is 5.82 Å².